The Balaban J connectivity index is 0.00000341. The van der Waals surface area contributed by atoms with E-state index in [9.17, 15) is 17.6 Å². The summed E-state index contributed by atoms with van der Waals surface area (Å²) in [5, 5.41) is 5.13. The van der Waals surface area contributed by atoms with E-state index in [1.54, 1.807) is 37.0 Å². The molecule has 0 unspecified atom stereocenters. The van der Waals surface area contributed by atoms with Crippen LogP contribution in [0.2, 0.25) is 0 Å². The van der Waals surface area contributed by atoms with Crippen LogP contribution in [-0.2, 0) is 21.9 Å². The fraction of sp³-hybridized carbons (Fsp3) is 0.333. The second-order valence-electron chi connectivity index (χ2n) is 7.09. The van der Waals surface area contributed by atoms with E-state index >= 15 is 0 Å². The summed E-state index contributed by atoms with van der Waals surface area (Å²) in [5.74, 6) is -0.623. The number of halogens is 1. The van der Waals surface area contributed by atoms with Crippen LogP contribution in [-0.4, -0.2) is 34.4 Å². The zero-order chi connectivity index (χ0) is 21.9. The molecular weight excluding hydrogens is 446 g/mol. The Bertz CT molecular complexity index is 1210. The van der Waals surface area contributed by atoms with Crippen molar-refractivity contribution in [2.45, 2.75) is 33.1 Å². The Morgan fingerprint density at radius 3 is 2.71 bits per heavy atom. The number of carbonyl (C=O) groups is 1. The molecule has 1 aromatic carbocycles. The number of unbranched alkanes of at least 4 members (excludes halogenated alkanes) is 2. The van der Waals surface area contributed by atoms with Gasteiger partial charge < -0.3 is 14.1 Å². The molecule has 0 radical (unpaired) electrons. The standard InChI is InChI=1S/C21H25FN4O3S.K/c1-4-5-6-13-30(28,29)24-20(27)10-8-18-15(2)23-25(3)21(18)26-12-11-16-14-17(22)7-9-19(16)26;/h7-12,14H,4-6,13H2,1-3H3,(H,24,27);/q;+1/p-1/b10-8+;. The summed E-state index contributed by atoms with van der Waals surface area (Å²) in [5.41, 5.74) is 2.08. The zero-order valence-corrected chi connectivity index (χ0v) is 22.1. The average Bonchev–Trinajstić information content (AvgIpc) is 3.18. The number of aryl methyl sites for hydroxylation is 2. The van der Waals surface area contributed by atoms with Gasteiger partial charge in [-0.15, -0.1) is 0 Å². The van der Waals surface area contributed by atoms with Gasteiger partial charge in [-0.3, -0.25) is 4.68 Å². The zero-order valence-electron chi connectivity index (χ0n) is 18.2. The van der Waals surface area contributed by atoms with Gasteiger partial charge in [-0.05, 0) is 49.8 Å². The largest absolute Gasteiger partial charge is 1.00 e. The minimum atomic E-state index is -3.79. The summed E-state index contributed by atoms with van der Waals surface area (Å²) in [6.07, 6.45) is 6.57. The molecule has 0 atom stereocenters. The van der Waals surface area contributed by atoms with Crippen molar-refractivity contribution in [3.63, 3.8) is 0 Å². The summed E-state index contributed by atoms with van der Waals surface area (Å²) < 4.78 is 44.3. The molecule has 7 nitrogen and oxygen atoms in total. The Hall–Kier alpha value is -1.30. The molecule has 0 fully saturated rings. The minimum Gasteiger partial charge on any atom is -0.542 e. The minimum absolute atomic E-state index is 0. The van der Waals surface area contributed by atoms with Gasteiger partial charge in [0.15, 0.2) is 0 Å². The number of sulfonamides is 1. The molecule has 3 aromatic rings. The number of fused-ring (bicyclic) bond motifs is 1. The summed E-state index contributed by atoms with van der Waals surface area (Å²) in [7, 11) is -2.02. The summed E-state index contributed by atoms with van der Waals surface area (Å²) in [4.78, 5) is 12.1. The van der Waals surface area contributed by atoms with Gasteiger partial charge >= 0.3 is 51.4 Å². The van der Waals surface area contributed by atoms with Crippen LogP contribution in [0.3, 0.4) is 0 Å². The first-order valence-electron chi connectivity index (χ1n) is 9.70. The molecular formula is C21H24FKN4O3S. The first kappa shape index (κ1) is 26.0. The Labute approximate surface area is 224 Å². The van der Waals surface area contributed by atoms with Crippen molar-refractivity contribution in [2.24, 2.45) is 7.05 Å². The number of aromatic nitrogens is 3. The molecule has 2 heterocycles. The first-order valence-corrected chi connectivity index (χ1v) is 11.3. The number of amides is 1. The third kappa shape index (κ3) is 6.36. The van der Waals surface area contributed by atoms with E-state index in [1.807, 2.05) is 11.5 Å². The Morgan fingerprint density at radius 2 is 2.00 bits per heavy atom. The molecule has 0 aliphatic carbocycles. The van der Waals surface area contributed by atoms with Gasteiger partial charge in [0.1, 0.15) is 11.6 Å². The smallest absolute Gasteiger partial charge is 0.542 e. The average molecular weight is 471 g/mol. The number of carbonyl (C=O) groups excluding carboxylic acids is 1. The van der Waals surface area contributed by atoms with Crippen LogP contribution in [0.15, 0.2) is 36.5 Å². The molecule has 0 aliphatic rings. The molecule has 160 valence electrons. The molecule has 0 N–H and O–H groups in total. The van der Waals surface area contributed by atoms with Crippen molar-refractivity contribution < 1.29 is 69.0 Å². The molecule has 0 saturated heterocycles. The van der Waals surface area contributed by atoms with Gasteiger partial charge in [-0.1, -0.05) is 19.8 Å². The first-order chi connectivity index (χ1) is 14.2. The van der Waals surface area contributed by atoms with E-state index < -0.39 is 15.9 Å². The van der Waals surface area contributed by atoms with Gasteiger partial charge in [0.05, 0.1) is 27.1 Å². The topological polar surface area (TPSA) is 88.1 Å². The van der Waals surface area contributed by atoms with Crippen molar-refractivity contribution in [1.29, 1.82) is 0 Å². The maximum atomic E-state index is 13.5. The Kier molecular flexibility index (Phi) is 9.22. The van der Waals surface area contributed by atoms with E-state index in [1.165, 1.54) is 18.2 Å². The van der Waals surface area contributed by atoms with Crippen molar-refractivity contribution in [1.82, 2.24) is 14.3 Å². The molecule has 0 aliphatic heterocycles. The van der Waals surface area contributed by atoms with Crippen LogP contribution in [0.5, 0.6) is 0 Å². The van der Waals surface area contributed by atoms with E-state index in [-0.39, 0.29) is 63.0 Å². The number of benzene rings is 1. The van der Waals surface area contributed by atoms with Gasteiger partial charge in [0.2, 0.25) is 0 Å². The van der Waals surface area contributed by atoms with Crippen LogP contribution < -0.4 is 51.4 Å². The van der Waals surface area contributed by atoms with E-state index in [4.69, 9.17) is 0 Å². The van der Waals surface area contributed by atoms with Gasteiger partial charge in [0.25, 0.3) is 0 Å². The molecule has 3 rings (SSSR count). The van der Waals surface area contributed by atoms with Crippen molar-refractivity contribution in [2.75, 3.05) is 5.75 Å². The monoisotopic (exact) mass is 470 g/mol. The number of hydrogen-bond acceptors (Lipinski definition) is 4. The summed E-state index contributed by atoms with van der Waals surface area (Å²) >= 11 is 0. The van der Waals surface area contributed by atoms with Crippen LogP contribution >= 0.6 is 0 Å². The second kappa shape index (κ2) is 11.0. The second-order valence-corrected chi connectivity index (χ2v) is 8.85. The van der Waals surface area contributed by atoms with Gasteiger partial charge in [0, 0.05) is 29.9 Å². The molecule has 0 bridgehead atoms. The molecule has 31 heavy (non-hydrogen) atoms. The fourth-order valence-corrected chi connectivity index (χ4v) is 4.34. The normalized spacial score (nSPS) is 11.7. The summed E-state index contributed by atoms with van der Waals surface area (Å²) in [6, 6.07) is 6.28. The van der Waals surface area contributed by atoms with E-state index in [0.717, 1.165) is 29.8 Å². The number of rotatable bonds is 8. The molecule has 0 saturated carbocycles. The van der Waals surface area contributed by atoms with Crippen LogP contribution in [0, 0.1) is 12.7 Å². The maximum absolute atomic E-state index is 13.5. The third-order valence-corrected chi connectivity index (χ3v) is 6.01. The van der Waals surface area contributed by atoms with E-state index in [0.29, 0.717) is 23.5 Å². The van der Waals surface area contributed by atoms with E-state index in [2.05, 4.69) is 9.82 Å². The predicted molar refractivity (Wildman–Crippen MR) is 115 cm³/mol. The molecule has 1 amide bonds. The molecule has 2 aromatic heterocycles. The molecule has 10 heteroatoms. The van der Waals surface area contributed by atoms with Crippen LogP contribution in [0.25, 0.3) is 27.5 Å². The SMILES string of the molecule is CCCCCS(=O)(=O)[N-]C(=O)/C=C/c1c(C)nn(C)c1-n1ccc2cc(F)ccc21.[K+]. The quantitative estimate of drug-likeness (QED) is 0.282. The fourth-order valence-electron chi connectivity index (χ4n) is 3.34. The van der Waals surface area contributed by atoms with Crippen LogP contribution in [0.4, 0.5) is 4.39 Å². The van der Waals surface area contributed by atoms with Crippen LogP contribution in [0.1, 0.15) is 37.4 Å². The summed E-state index contributed by atoms with van der Waals surface area (Å²) in [6.45, 7) is 3.76. The maximum Gasteiger partial charge on any atom is 1.00 e. The predicted octanol–water partition coefficient (Wildman–Crippen LogP) is 1.25. The van der Waals surface area contributed by atoms with Crippen molar-refractivity contribution >= 4 is 32.9 Å². The van der Waals surface area contributed by atoms with Crippen molar-refractivity contribution in [3.8, 4) is 5.82 Å². The van der Waals surface area contributed by atoms with Gasteiger partial charge in [-0.2, -0.15) is 5.10 Å². The number of hydrogen-bond donors (Lipinski definition) is 0. The van der Waals surface area contributed by atoms with Crippen molar-refractivity contribution in [3.05, 3.63) is 58.3 Å². The Morgan fingerprint density at radius 1 is 1.26 bits per heavy atom. The third-order valence-electron chi connectivity index (χ3n) is 4.75. The van der Waals surface area contributed by atoms with Gasteiger partial charge in [-0.25, -0.2) is 12.8 Å². The number of nitrogens with zero attached hydrogens (tertiary/aromatic N) is 4. The molecule has 0 spiro atoms.